The van der Waals surface area contributed by atoms with Gasteiger partial charge in [-0.25, -0.2) is 0 Å². The van der Waals surface area contributed by atoms with Crippen molar-refractivity contribution in [1.82, 2.24) is 0 Å². The molecule has 96 valence electrons. The second-order valence-corrected chi connectivity index (χ2v) is 4.87. The first kappa shape index (κ1) is 14.0. The Labute approximate surface area is 104 Å². The van der Waals surface area contributed by atoms with Crippen LogP contribution in [0.4, 0.5) is 0 Å². The van der Waals surface area contributed by atoms with Crippen molar-refractivity contribution in [3.63, 3.8) is 0 Å². The van der Waals surface area contributed by atoms with E-state index < -0.39 is 0 Å². The van der Waals surface area contributed by atoms with E-state index >= 15 is 0 Å². The molecular weight excluding hydrogens is 212 g/mol. The van der Waals surface area contributed by atoms with Crippen molar-refractivity contribution < 1.29 is 4.74 Å². The first-order valence-corrected chi connectivity index (χ1v) is 6.12. The van der Waals surface area contributed by atoms with E-state index in [9.17, 15) is 0 Å². The molecule has 0 aliphatic heterocycles. The van der Waals surface area contributed by atoms with Crippen molar-refractivity contribution in [3.05, 3.63) is 28.8 Å². The van der Waals surface area contributed by atoms with E-state index in [4.69, 9.17) is 16.2 Å². The summed E-state index contributed by atoms with van der Waals surface area (Å²) in [6.45, 7) is 6.13. The number of nitrogens with two attached hydrogens (primary N) is 2. The summed E-state index contributed by atoms with van der Waals surface area (Å²) in [5.41, 5.74) is 15.4. The lowest BCUT2D eigenvalue weighted by molar-refractivity contribution is 0.399. The lowest BCUT2D eigenvalue weighted by atomic mass is 9.96. The van der Waals surface area contributed by atoms with Gasteiger partial charge in [-0.3, -0.25) is 0 Å². The van der Waals surface area contributed by atoms with Crippen molar-refractivity contribution in [2.24, 2.45) is 11.5 Å². The molecule has 0 saturated carbocycles. The Morgan fingerprint density at radius 2 is 1.82 bits per heavy atom. The third-order valence-electron chi connectivity index (χ3n) is 2.98. The number of rotatable bonds is 5. The van der Waals surface area contributed by atoms with E-state index in [0.29, 0.717) is 0 Å². The standard InChI is InChI=1S/C14H24N2O/c1-9-7-10(2)14(17-4)12(8-9)13(16)6-5-11(3)15/h7-8,11,13H,5-6,15-16H2,1-4H3. The smallest absolute Gasteiger partial charge is 0.126 e. The van der Waals surface area contributed by atoms with E-state index in [-0.39, 0.29) is 12.1 Å². The number of methoxy groups -OCH3 is 1. The fourth-order valence-electron chi connectivity index (χ4n) is 2.14. The Balaban J connectivity index is 2.95. The molecule has 3 heteroatoms. The Morgan fingerprint density at radius 1 is 1.18 bits per heavy atom. The van der Waals surface area contributed by atoms with Gasteiger partial charge in [0.2, 0.25) is 0 Å². The van der Waals surface area contributed by atoms with E-state index in [1.807, 2.05) is 13.8 Å². The van der Waals surface area contributed by atoms with Gasteiger partial charge in [0.15, 0.2) is 0 Å². The van der Waals surface area contributed by atoms with Gasteiger partial charge in [0.1, 0.15) is 5.75 Å². The molecule has 2 unspecified atom stereocenters. The van der Waals surface area contributed by atoms with Crippen molar-refractivity contribution in [2.75, 3.05) is 7.11 Å². The molecule has 4 N–H and O–H groups in total. The molecule has 0 aliphatic carbocycles. The molecule has 1 aromatic carbocycles. The number of aryl methyl sites for hydroxylation is 2. The number of hydrogen-bond donors (Lipinski definition) is 2. The van der Waals surface area contributed by atoms with Crippen LogP contribution < -0.4 is 16.2 Å². The number of hydrogen-bond acceptors (Lipinski definition) is 3. The maximum absolute atomic E-state index is 6.22. The molecule has 0 bridgehead atoms. The molecule has 1 rings (SSSR count). The molecule has 17 heavy (non-hydrogen) atoms. The SMILES string of the molecule is COc1c(C)cc(C)cc1C(N)CCC(C)N. The summed E-state index contributed by atoms with van der Waals surface area (Å²) in [7, 11) is 1.69. The fourth-order valence-corrected chi connectivity index (χ4v) is 2.14. The predicted octanol–water partition coefficient (Wildman–Crippen LogP) is 2.44. The average molecular weight is 236 g/mol. The van der Waals surface area contributed by atoms with Crippen LogP contribution >= 0.6 is 0 Å². The zero-order valence-electron chi connectivity index (χ0n) is 11.3. The van der Waals surface area contributed by atoms with Gasteiger partial charge >= 0.3 is 0 Å². The molecule has 0 heterocycles. The van der Waals surface area contributed by atoms with Gasteiger partial charge in [-0.15, -0.1) is 0 Å². The van der Waals surface area contributed by atoms with Crippen molar-refractivity contribution >= 4 is 0 Å². The maximum Gasteiger partial charge on any atom is 0.126 e. The van der Waals surface area contributed by atoms with E-state index in [1.165, 1.54) is 5.56 Å². The monoisotopic (exact) mass is 236 g/mol. The van der Waals surface area contributed by atoms with Crippen molar-refractivity contribution in [3.8, 4) is 5.75 Å². The molecule has 0 radical (unpaired) electrons. The minimum Gasteiger partial charge on any atom is -0.496 e. The van der Waals surface area contributed by atoms with Crippen LogP contribution in [0.25, 0.3) is 0 Å². The Kier molecular flexibility index (Phi) is 4.97. The first-order valence-electron chi connectivity index (χ1n) is 6.12. The molecule has 3 nitrogen and oxygen atoms in total. The van der Waals surface area contributed by atoms with Gasteiger partial charge in [0.05, 0.1) is 7.11 Å². The molecule has 0 amide bonds. The summed E-state index contributed by atoms with van der Waals surface area (Å²) in [6, 6.07) is 4.41. The predicted molar refractivity (Wildman–Crippen MR) is 72.3 cm³/mol. The summed E-state index contributed by atoms with van der Waals surface area (Å²) in [6.07, 6.45) is 1.81. The average Bonchev–Trinajstić information content (AvgIpc) is 2.24. The topological polar surface area (TPSA) is 61.3 Å². The molecule has 0 spiro atoms. The molecule has 0 fully saturated rings. The maximum atomic E-state index is 6.22. The van der Waals surface area contributed by atoms with E-state index in [2.05, 4.69) is 19.1 Å². The normalized spacial score (nSPS) is 14.5. The van der Waals surface area contributed by atoms with Gasteiger partial charge in [0.25, 0.3) is 0 Å². The minimum absolute atomic E-state index is 0.00505. The molecule has 0 saturated heterocycles. The quantitative estimate of drug-likeness (QED) is 0.825. The minimum atomic E-state index is -0.00505. The zero-order valence-corrected chi connectivity index (χ0v) is 11.3. The Hall–Kier alpha value is -1.06. The van der Waals surface area contributed by atoms with Crippen LogP contribution in [0.2, 0.25) is 0 Å². The first-order chi connectivity index (χ1) is 7.95. The second kappa shape index (κ2) is 6.03. The highest BCUT2D eigenvalue weighted by Gasteiger charge is 2.15. The number of benzene rings is 1. The molecule has 2 atom stereocenters. The highest BCUT2D eigenvalue weighted by atomic mass is 16.5. The van der Waals surface area contributed by atoms with Crippen LogP contribution in [0.3, 0.4) is 0 Å². The summed E-state index contributed by atoms with van der Waals surface area (Å²) in [4.78, 5) is 0. The largest absolute Gasteiger partial charge is 0.496 e. The van der Waals surface area contributed by atoms with E-state index in [0.717, 1.165) is 29.7 Å². The third kappa shape index (κ3) is 3.72. The lowest BCUT2D eigenvalue weighted by Gasteiger charge is -2.19. The van der Waals surface area contributed by atoms with Gasteiger partial charge in [0, 0.05) is 17.6 Å². The van der Waals surface area contributed by atoms with Gasteiger partial charge in [-0.2, -0.15) is 0 Å². The highest BCUT2D eigenvalue weighted by Crippen LogP contribution is 2.31. The van der Waals surface area contributed by atoms with Crippen LogP contribution in [0.1, 0.15) is 42.5 Å². The van der Waals surface area contributed by atoms with Crippen LogP contribution in [0, 0.1) is 13.8 Å². The van der Waals surface area contributed by atoms with Crippen molar-refractivity contribution in [2.45, 2.75) is 45.7 Å². The summed E-state index contributed by atoms with van der Waals surface area (Å²) in [5.74, 6) is 0.910. The third-order valence-corrected chi connectivity index (χ3v) is 2.98. The van der Waals surface area contributed by atoms with Crippen LogP contribution in [0.5, 0.6) is 5.75 Å². The summed E-state index contributed by atoms with van der Waals surface area (Å²) < 4.78 is 5.45. The second-order valence-electron chi connectivity index (χ2n) is 4.87. The number of ether oxygens (including phenoxy) is 1. The Bertz CT molecular complexity index is 375. The van der Waals surface area contributed by atoms with Crippen LogP contribution in [0.15, 0.2) is 12.1 Å². The zero-order chi connectivity index (χ0) is 13.0. The van der Waals surface area contributed by atoms with E-state index in [1.54, 1.807) is 7.11 Å². The summed E-state index contributed by atoms with van der Waals surface area (Å²) in [5, 5.41) is 0. The molecule has 0 aromatic heterocycles. The molecule has 0 aliphatic rings. The Morgan fingerprint density at radius 3 is 2.35 bits per heavy atom. The fraction of sp³-hybridized carbons (Fsp3) is 0.571. The van der Waals surface area contributed by atoms with Gasteiger partial charge in [-0.05, 0) is 39.2 Å². The molecule has 1 aromatic rings. The summed E-state index contributed by atoms with van der Waals surface area (Å²) >= 11 is 0. The van der Waals surface area contributed by atoms with Crippen LogP contribution in [-0.2, 0) is 0 Å². The lowest BCUT2D eigenvalue weighted by Crippen LogP contribution is -2.19. The van der Waals surface area contributed by atoms with Gasteiger partial charge < -0.3 is 16.2 Å². The highest BCUT2D eigenvalue weighted by molar-refractivity contribution is 5.45. The van der Waals surface area contributed by atoms with Crippen molar-refractivity contribution in [1.29, 1.82) is 0 Å². The van der Waals surface area contributed by atoms with Crippen LogP contribution in [-0.4, -0.2) is 13.2 Å². The molecular formula is C14H24N2O. The van der Waals surface area contributed by atoms with Gasteiger partial charge in [-0.1, -0.05) is 17.7 Å².